The van der Waals surface area contributed by atoms with Crippen LogP contribution in [-0.4, -0.2) is 23.4 Å². The van der Waals surface area contributed by atoms with Crippen LogP contribution < -0.4 is 16.4 Å². The molecule has 0 saturated heterocycles. The fourth-order valence-electron chi connectivity index (χ4n) is 3.06. The van der Waals surface area contributed by atoms with Crippen molar-refractivity contribution in [3.8, 4) is 0 Å². The summed E-state index contributed by atoms with van der Waals surface area (Å²) in [7, 11) is 0. The quantitative estimate of drug-likeness (QED) is 0.731. The normalized spacial score (nSPS) is 18.2. The number of hydrogen-bond acceptors (Lipinski definition) is 5. The van der Waals surface area contributed by atoms with E-state index in [0.29, 0.717) is 24.2 Å². The second-order valence-electron chi connectivity index (χ2n) is 5.96. The molecule has 3 rings (SSSR count). The van der Waals surface area contributed by atoms with Gasteiger partial charge in [0.05, 0.1) is 40.0 Å². The number of nitrogen functional groups attached to an aromatic ring is 1. The van der Waals surface area contributed by atoms with Gasteiger partial charge in [-0.2, -0.15) is 13.2 Å². The molecule has 1 aliphatic carbocycles. The highest BCUT2D eigenvalue weighted by Gasteiger charge is 2.37. The van der Waals surface area contributed by atoms with E-state index in [1.54, 1.807) is 6.20 Å². The number of halogens is 3. The van der Waals surface area contributed by atoms with Crippen LogP contribution in [0, 0.1) is 0 Å². The van der Waals surface area contributed by atoms with E-state index in [1.807, 2.05) is 11.4 Å². The Bertz CT molecular complexity index is 677. The maximum Gasteiger partial charge on any atom is 0.401 e. The summed E-state index contributed by atoms with van der Waals surface area (Å²) >= 11 is 1.48. The van der Waals surface area contributed by atoms with Crippen molar-refractivity contribution in [1.82, 2.24) is 10.3 Å². The number of thiophene rings is 1. The van der Waals surface area contributed by atoms with Crippen molar-refractivity contribution >= 4 is 32.9 Å². The fraction of sp³-hybridized carbons (Fsp3) is 0.533. The average Bonchev–Trinajstić information content (AvgIpc) is 2.98. The summed E-state index contributed by atoms with van der Waals surface area (Å²) in [4.78, 5) is 4.25. The van der Waals surface area contributed by atoms with Gasteiger partial charge >= 0.3 is 6.18 Å². The summed E-state index contributed by atoms with van der Waals surface area (Å²) in [5.41, 5.74) is 7.20. The Morgan fingerprint density at radius 1 is 1.26 bits per heavy atom. The molecule has 0 unspecified atom stereocenters. The number of rotatable bonds is 4. The number of fused-ring (bicyclic) bond motifs is 1. The highest BCUT2D eigenvalue weighted by Crippen LogP contribution is 2.37. The third kappa shape index (κ3) is 3.69. The molecule has 4 N–H and O–H groups in total. The lowest BCUT2D eigenvalue weighted by Crippen LogP contribution is -2.55. The number of nitrogens with zero attached hydrogens (tertiary/aromatic N) is 1. The van der Waals surface area contributed by atoms with Crippen molar-refractivity contribution in [2.75, 3.05) is 17.6 Å². The van der Waals surface area contributed by atoms with E-state index in [-0.39, 0.29) is 0 Å². The van der Waals surface area contributed by atoms with Crippen LogP contribution in [0.25, 0.3) is 10.2 Å². The molecule has 126 valence electrons. The molecule has 23 heavy (non-hydrogen) atoms. The first-order chi connectivity index (χ1) is 10.9. The average molecular weight is 344 g/mol. The molecule has 0 aromatic carbocycles. The van der Waals surface area contributed by atoms with Gasteiger partial charge in [-0.1, -0.05) is 6.42 Å². The molecule has 4 nitrogen and oxygen atoms in total. The second kappa shape index (κ2) is 6.16. The Labute approximate surface area is 136 Å². The molecule has 2 heterocycles. The number of nitrogens with two attached hydrogens (primary N) is 1. The van der Waals surface area contributed by atoms with E-state index in [0.717, 1.165) is 29.5 Å². The maximum atomic E-state index is 12.7. The first-order valence-electron chi connectivity index (χ1n) is 7.60. The summed E-state index contributed by atoms with van der Waals surface area (Å²) in [6.07, 6.45) is 1.39. The first kappa shape index (κ1) is 16.3. The Hall–Kier alpha value is -1.54. The summed E-state index contributed by atoms with van der Waals surface area (Å²) in [6.45, 7) is -1.02. The largest absolute Gasteiger partial charge is 0.401 e. The Morgan fingerprint density at radius 3 is 2.70 bits per heavy atom. The van der Waals surface area contributed by atoms with Crippen molar-refractivity contribution < 1.29 is 13.2 Å². The molecule has 0 radical (unpaired) electrons. The van der Waals surface area contributed by atoms with E-state index in [4.69, 9.17) is 5.73 Å². The van der Waals surface area contributed by atoms with Crippen molar-refractivity contribution in [3.63, 3.8) is 0 Å². The highest BCUT2D eigenvalue weighted by molar-refractivity contribution is 7.17. The van der Waals surface area contributed by atoms with E-state index in [2.05, 4.69) is 15.6 Å². The minimum Gasteiger partial charge on any atom is -0.396 e. The van der Waals surface area contributed by atoms with Crippen LogP contribution in [0.1, 0.15) is 32.1 Å². The van der Waals surface area contributed by atoms with Crippen molar-refractivity contribution in [3.05, 3.63) is 17.6 Å². The minimum atomic E-state index is -4.24. The third-order valence-corrected chi connectivity index (χ3v) is 5.12. The monoisotopic (exact) mass is 344 g/mol. The molecule has 2 aromatic rings. The van der Waals surface area contributed by atoms with E-state index in [9.17, 15) is 13.2 Å². The number of alkyl halides is 3. The van der Waals surface area contributed by atoms with Gasteiger partial charge < -0.3 is 11.1 Å². The van der Waals surface area contributed by atoms with Crippen LogP contribution in [0.3, 0.4) is 0 Å². The minimum absolute atomic E-state index is 0.457. The number of aromatic nitrogens is 1. The van der Waals surface area contributed by atoms with E-state index in [1.165, 1.54) is 11.3 Å². The predicted molar refractivity (Wildman–Crippen MR) is 87.5 cm³/mol. The van der Waals surface area contributed by atoms with Crippen LogP contribution >= 0.6 is 11.3 Å². The molecule has 2 aromatic heterocycles. The maximum absolute atomic E-state index is 12.7. The molecule has 1 fully saturated rings. The number of pyridine rings is 1. The number of hydrogen-bond donors (Lipinski definition) is 3. The van der Waals surface area contributed by atoms with Crippen molar-refractivity contribution in [1.29, 1.82) is 0 Å². The van der Waals surface area contributed by atoms with Crippen LogP contribution in [-0.2, 0) is 0 Å². The van der Waals surface area contributed by atoms with Gasteiger partial charge in [-0.3, -0.25) is 10.3 Å². The molecule has 0 spiro atoms. The smallest absolute Gasteiger partial charge is 0.396 e. The van der Waals surface area contributed by atoms with Crippen LogP contribution in [0.15, 0.2) is 17.6 Å². The summed E-state index contributed by atoms with van der Waals surface area (Å²) in [6, 6.07) is 1.88. The molecular weight excluding hydrogens is 325 g/mol. The Morgan fingerprint density at radius 2 is 2.00 bits per heavy atom. The molecule has 8 heteroatoms. The molecular formula is C15H19F3N4S. The number of nitrogens with one attached hydrogen (secondary N) is 2. The van der Waals surface area contributed by atoms with Crippen LogP contribution in [0.2, 0.25) is 0 Å². The van der Waals surface area contributed by atoms with Gasteiger partial charge in [0.25, 0.3) is 0 Å². The lowest BCUT2D eigenvalue weighted by molar-refractivity contribution is -0.129. The molecule has 1 aliphatic rings. The summed E-state index contributed by atoms with van der Waals surface area (Å²) in [5.74, 6) is 0. The van der Waals surface area contributed by atoms with Gasteiger partial charge in [0.2, 0.25) is 0 Å². The molecule has 1 saturated carbocycles. The Kier molecular flexibility index (Phi) is 4.37. The van der Waals surface area contributed by atoms with E-state index < -0.39 is 18.4 Å². The molecule has 0 amide bonds. The number of anilines is 2. The van der Waals surface area contributed by atoms with Gasteiger partial charge in [-0.25, -0.2) is 0 Å². The van der Waals surface area contributed by atoms with Crippen LogP contribution in [0.4, 0.5) is 24.5 Å². The van der Waals surface area contributed by atoms with Crippen molar-refractivity contribution in [2.24, 2.45) is 0 Å². The highest BCUT2D eigenvalue weighted by atomic mass is 32.1. The van der Waals surface area contributed by atoms with Gasteiger partial charge in [0, 0.05) is 0 Å². The Balaban J connectivity index is 1.91. The topological polar surface area (TPSA) is 63.0 Å². The lowest BCUT2D eigenvalue weighted by atomic mass is 9.88. The summed E-state index contributed by atoms with van der Waals surface area (Å²) in [5, 5.41) is 7.90. The standard InChI is InChI=1S/C15H19F3N4S/c16-15(17,18)9-21-14(5-2-1-3-6-14)22-12-10(19)8-20-11-4-7-23-13(11)12/h4,7-8,21H,1-3,5-6,9,19H2,(H,20,22). The van der Waals surface area contributed by atoms with Gasteiger partial charge in [-0.05, 0) is 37.1 Å². The van der Waals surface area contributed by atoms with Gasteiger partial charge in [0.15, 0.2) is 0 Å². The summed E-state index contributed by atoms with van der Waals surface area (Å²) < 4.78 is 38.9. The molecule has 0 aliphatic heterocycles. The first-order valence-corrected chi connectivity index (χ1v) is 8.48. The van der Waals surface area contributed by atoms with Crippen LogP contribution in [0.5, 0.6) is 0 Å². The zero-order valence-electron chi connectivity index (χ0n) is 12.5. The van der Waals surface area contributed by atoms with E-state index >= 15 is 0 Å². The third-order valence-electron chi connectivity index (χ3n) is 4.20. The van der Waals surface area contributed by atoms with Gasteiger partial charge in [-0.15, -0.1) is 11.3 Å². The van der Waals surface area contributed by atoms with Crippen molar-refractivity contribution in [2.45, 2.75) is 43.9 Å². The lowest BCUT2D eigenvalue weighted by Gasteiger charge is -2.40. The van der Waals surface area contributed by atoms with Gasteiger partial charge in [0.1, 0.15) is 0 Å². The SMILES string of the molecule is Nc1cnc2ccsc2c1NC1(NCC(F)(F)F)CCCCC1. The molecule has 0 atom stereocenters. The zero-order chi connectivity index (χ0) is 16.5. The zero-order valence-corrected chi connectivity index (χ0v) is 13.4. The fourth-order valence-corrected chi connectivity index (χ4v) is 3.93. The molecule has 0 bridgehead atoms. The second-order valence-corrected chi connectivity index (χ2v) is 6.88. The predicted octanol–water partition coefficient (Wildman–Crippen LogP) is 4.10.